The number of carbonyl (C=O) groups is 1. The second-order valence-corrected chi connectivity index (χ2v) is 5.74. The molecule has 110 valence electrons. The molecule has 0 spiro atoms. The third-order valence-electron chi connectivity index (χ3n) is 3.30. The maximum atomic E-state index is 12.8. The Balaban J connectivity index is 2.31. The SMILES string of the molecule is CCCCN(C(=O)c1ccc(N)c(Br)c1)c1ccccc1. The highest BCUT2D eigenvalue weighted by Crippen LogP contribution is 2.23. The van der Waals surface area contributed by atoms with E-state index in [9.17, 15) is 4.79 Å². The number of para-hydroxylation sites is 1. The fraction of sp³-hybridized carbons (Fsp3) is 0.235. The molecule has 0 heterocycles. The number of nitrogens with two attached hydrogens (primary N) is 1. The van der Waals surface area contributed by atoms with E-state index in [2.05, 4.69) is 22.9 Å². The minimum atomic E-state index is -0.00431. The molecular formula is C17H19BrN2O. The van der Waals surface area contributed by atoms with Gasteiger partial charge < -0.3 is 10.6 Å². The van der Waals surface area contributed by atoms with E-state index in [4.69, 9.17) is 5.73 Å². The molecule has 0 fully saturated rings. The van der Waals surface area contributed by atoms with Crippen LogP contribution in [0.4, 0.5) is 11.4 Å². The van der Waals surface area contributed by atoms with Crippen LogP contribution in [0.25, 0.3) is 0 Å². The lowest BCUT2D eigenvalue weighted by Crippen LogP contribution is -2.31. The summed E-state index contributed by atoms with van der Waals surface area (Å²) in [5, 5.41) is 0. The van der Waals surface area contributed by atoms with Gasteiger partial charge in [0.05, 0.1) is 0 Å². The van der Waals surface area contributed by atoms with E-state index < -0.39 is 0 Å². The summed E-state index contributed by atoms with van der Waals surface area (Å²) in [6.45, 7) is 2.83. The Bertz CT molecular complexity index is 613. The molecule has 21 heavy (non-hydrogen) atoms. The van der Waals surface area contributed by atoms with Crippen molar-refractivity contribution in [2.75, 3.05) is 17.2 Å². The summed E-state index contributed by atoms with van der Waals surface area (Å²) in [5.41, 5.74) is 7.97. The first-order chi connectivity index (χ1) is 10.1. The molecule has 2 aromatic rings. The number of hydrogen-bond donors (Lipinski definition) is 1. The Kier molecular flexibility index (Phi) is 5.39. The van der Waals surface area contributed by atoms with Gasteiger partial charge in [-0.1, -0.05) is 31.5 Å². The molecule has 2 rings (SSSR count). The number of unbranched alkanes of at least 4 members (excludes halogenated alkanes) is 1. The van der Waals surface area contributed by atoms with Crippen LogP contribution in [-0.4, -0.2) is 12.5 Å². The number of benzene rings is 2. The molecule has 0 aliphatic heterocycles. The topological polar surface area (TPSA) is 46.3 Å². The first kappa shape index (κ1) is 15.6. The van der Waals surface area contributed by atoms with E-state index in [0.29, 0.717) is 17.8 Å². The largest absolute Gasteiger partial charge is 0.398 e. The second-order valence-electron chi connectivity index (χ2n) is 4.88. The Morgan fingerprint density at radius 2 is 1.90 bits per heavy atom. The second kappa shape index (κ2) is 7.27. The predicted octanol–water partition coefficient (Wildman–Crippen LogP) is 4.48. The van der Waals surface area contributed by atoms with Gasteiger partial charge in [-0.2, -0.15) is 0 Å². The number of carbonyl (C=O) groups excluding carboxylic acids is 1. The normalized spacial score (nSPS) is 10.4. The van der Waals surface area contributed by atoms with Crippen LogP contribution in [0.2, 0.25) is 0 Å². The van der Waals surface area contributed by atoms with Crippen molar-refractivity contribution in [2.24, 2.45) is 0 Å². The van der Waals surface area contributed by atoms with Gasteiger partial charge in [-0.3, -0.25) is 4.79 Å². The summed E-state index contributed by atoms with van der Waals surface area (Å²) in [6, 6.07) is 15.1. The molecule has 0 aliphatic rings. The number of anilines is 2. The fourth-order valence-corrected chi connectivity index (χ4v) is 2.47. The smallest absolute Gasteiger partial charge is 0.258 e. The molecule has 0 bridgehead atoms. The van der Waals surface area contributed by atoms with E-state index in [1.807, 2.05) is 35.2 Å². The van der Waals surface area contributed by atoms with Crippen LogP contribution in [-0.2, 0) is 0 Å². The third kappa shape index (κ3) is 3.85. The summed E-state index contributed by atoms with van der Waals surface area (Å²) in [6.07, 6.45) is 2.01. The molecule has 2 N–H and O–H groups in total. The van der Waals surface area contributed by atoms with Crippen molar-refractivity contribution >= 4 is 33.2 Å². The minimum absolute atomic E-state index is 0.00431. The average Bonchev–Trinajstić information content (AvgIpc) is 2.51. The van der Waals surface area contributed by atoms with Gasteiger partial charge >= 0.3 is 0 Å². The quantitative estimate of drug-likeness (QED) is 0.811. The van der Waals surface area contributed by atoms with Crippen molar-refractivity contribution in [1.82, 2.24) is 0 Å². The molecule has 0 unspecified atom stereocenters. The van der Waals surface area contributed by atoms with Crippen molar-refractivity contribution in [3.63, 3.8) is 0 Å². The molecule has 0 atom stereocenters. The number of hydrogen-bond acceptors (Lipinski definition) is 2. The van der Waals surface area contributed by atoms with Gasteiger partial charge in [0.25, 0.3) is 5.91 Å². The molecule has 0 aliphatic carbocycles. The lowest BCUT2D eigenvalue weighted by molar-refractivity contribution is 0.0986. The highest BCUT2D eigenvalue weighted by Gasteiger charge is 2.17. The predicted molar refractivity (Wildman–Crippen MR) is 91.6 cm³/mol. The van der Waals surface area contributed by atoms with Crippen LogP contribution in [0.5, 0.6) is 0 Å². The molecule has 0 aromatic heterocycles. The van der Waals surface area contributed by atoms with Crippen LogP contribution >= 0.6 is 15.9 Å². The number of halogens is 1. The molecule has 0 radical (unpaired) electrons. The van der Waals surface area contributed by atoms with Crippen LogP contribution in [0.3, 0.4) is 0 Å². The Labute approximate surface area is 133 Å². The van der Waals surface area contributed by atoms with Crippen molar-refractivity contribution < 1.29 is 4.79 Å². The summed E-state index contributed by atoms with van der Waals surface area (Å²) in [7, 11) is 0. The van der Waals surface area contributed by atoms with Crippen LogP contribution in [0, 0.1) is 0 Å². The maximum absolute atomic E-state index is 12.8. The average molecular weight is 347 g/mol. The van der Waals surface area contributed by atoms with Crippen LogP contribution in [0.1, 0.15) is 30.1 Å². The van der Waals surface area contributed by atoms with Crippen molar-refractivity contribution in [2.45, 2.75) is 19.8 Å². The fourth-order valence-electron chi connectivity index (χ4n) is 2.09. The molecule has 0 saturated heterocycles. The first-order valence-electron chi connectivity index (χ1n) is 7.05. The monoisotopic (exact) mass is 346 g/mol. The van der Waals surface area contributed by atoms with E-state index in [0.717, 1.165) is 23.0 Å². The summed E-state index contributed by atoms with van der Waals surface area (Å²) < 4.78 is 0.747. The zero-order valence-corrected chi connectivity index (χ0v) is 13.6. The van der Waals surface area contributed by atoms with E-state index in [1.165, 1.54) is 0 Å². The lowest BCUT2D eigenvalue weighted by atomic mass is 10.1. The van der Waals surface area contributed by atoms with Crippen molar-refractivity contribution in [3.8, 4) is 0 Å². The van der Waals surface area contributed by atoms with Crippen LogP contribution < -0.4 is 10.6 Å². The summed E-state index contributed by atoms with van der Waals surface area (Å²) in [5.74, 6) is -0.00431. The molecular weight excluding hydrogens is 328 g/mol. The Morgan fingerprint density at radius 1 is 1.19 bits per heavy atom. The van der Waals surface area contributed by atoms with E-state index in [-0.39, 0.29) is 5.91 Å². The molecule has 4 heteroatoms. The van der Waals surface area contributed by atoms with Gasteiger partial charge in [0.1, 0.15) is 0 Å². The standard InChI is InChI=1S/C17H19BrN2O/c1-2-3-11-20(14-7-5-4-6-8-14)17(21)13-9-10-16(19)15(18)12-13/h4-10,12H,2-3,11,19H2,1H3. The van der Waals surface area contributed by atoms with E-state index in [1.54, 1.807) is 18.2 Å². The van der Waals surface area contributed by atoms with Crippen LogP contribution in [0.15, 0.2) is 53.0 Å². The van der Waals surface area contributed by atoms with E-state index >= 15 is 0 Å². The van der Waals surface area contributed by atoms with Gasteiger partial charge in [-0.05, 0) is 52.7 Å². The Hall–Kier alpha value is -1.81. The highest BCUT2D eigenvalue weighted by atomic mass is 79.9. The molecule has 3 nitrogen and oxygen atoms in total. The Morgan fingerprint density at radius 3 is 2.52 bits per heavy atom. The van der Waals surface area contributed by atoms with Gasteiger partial charge in [0.2, 0.25) is 0 Å². The van der Waals surface area contributed by atoms with Gasteiger partial charge in [-0.25, -0.2) is 0 Å². The summed E-state index contributed by atoms with van der Waals surface area (Å²) >= 11 is 3.38. The molecule has 2 aromatic carbocycles. The zero-order chi connectivity index (χ0) is 15.2. The van der Waals surface area contributed by atoms with Gasteiger partial charge in [-0.15, -0.1) is 0 Å². The third-order valence-corrected chi connectivity index (χ3v) is 3.98. The van der Waals surface area contributed by atoms with Gasteiger partial charge in [0, 0.05) is 28.0 Å². The summed E-state index contributed by atoms with van der Waals surface area (Å²) in [4.78, 5) is 14.6. The number of nitrogens with zero attached hydrogens (tertiary/aromatic N) is 1. The lowest BCUT2D eigenvalue weighted by Gasteiger charge is -2.23. The van der Waals surface area contributed by atoms with Crippen molar-refractivity contribution in [3.05, 3.63) is 58.6 Å². The molecule has 1 amide bonds. The zero-order valence-electron chi connectivity index (χ0n) is 12.1. The number of rotatable bonds is 5. The number of amides is 1. The first-order valence-corrected chi connectivity index (χ1v) is 7.84. The number of nitrogen functional groups attached to an aromatic ring is 1. The minimum Gasteiger partial charge on any atom is -0.398 e. The molecule has 0 saturated carbocycles. The highest BCUT2D eigenvalue weighted by molar-refractivity contribution is 9.10. The van der Waals surface area contributed by atoms with Crippen molar-refractivity contribution in [1.29, 1.82) is 0 Å². The maximum Gasteiger partial charge on any atom is 0.258 e. The van der Waals surface area contributed by atoms with Gasteiger partial charge in [0.15, 0.2) is 0 Å².